The van der Waals surface area contributed by atoms with E-state index in [1.165, 1.54) is 6.07 Å². The van der Waals surface area contributed by atoms with Crippen molar-refractivity contribution in [3.8, 4) is 0 Å². The second-order valence-corrected chi connectivity index (χ2v) is 7.68. The third-order valence-corrected chi connectivity index (χ3v) is 5.57. The number of benzene rings is 2. The zero-order chi connectivity index (χ0) is 21.1. The number of rotatable bonds is 6. The van der Waals surface area contributed by atoms with Gasteiger partial charge in [0.05, 0.1) is 16.7 Å². The summed E-state index contributed by atoms with van der Waals surface area (Å²) in [5, 5.41) is 20.5. The van der Waals surface area contributed by atoms with E-state index < -0.39 is 10.8 Å². The Morgan fingerprint density at radius 3 is 2.77 bits per heavy atom. The van der Waals surface area contributed by atoms with E-state index in [1.807, 2.05) is 54.8 Å². The molecule has 2 aromatic heterocycles. The normalized spacial score (nSPS) is 11.8. The second kappa shape index (κ2) is 8.30. The lowest BCUT2D eigenvalue weighted by molar-refractivity contribution is -0.384. The number of carbonyl (C=O) groups is 1. The molecule has 0 fully saturated rings. The van der Waals surface area contributed by atoms with Crippen LogP contribution in [0.4, 0.5) is 17.1 Å². The zero-order valence-corrected chi connectivity index (χ0v) is 16.8. The lowest BCUT2D eigenvalue weighted by Gasteiger charge is -2.15. The second-order valence-electron chi connectivity index (χ2n) is 6.74. The SMILES string of the molecule is CC(Nc1ccc(C(=O)Nc2ccc3sccc3c2)cc1[N+](=O)[O-])c1ccccn1. The van der Waals surface area contributed by atoms with Crippen LogP contribution in [0, 0.1) is 10.1 Å². The number of hydrogen-bond donors (Lipinski definition) is 2. The number of nitrogens with zero attached hydrogens (tertiary/aromatic N) is 2. The molecule has 0 radical (unpaired) electrons. The highest BCUT2D eigenvalue weighted by atomic mass is 32.1. The first-order valence-corrected chi connectivity index (χ1v) is 10.1. The van der Waals surface area contributed by atoms with Gasteiger partial charge >= 0.3 is 0 Å². The maximum absolute atomic E-state index is 12.7. The van der Waals surface area contributed by atoms with Crippen molar-refractivity contribution in [1.82, 2.24) is 4.98 Å². The first-order chi connectivity index (χ1) is 14.5. The number of hydrogen-bond acceptors (Lipinski definition) is 6. The fraction of sp³-hybridized carbons (Fsp3) is 0.0909. The lowest BCUT2D eigenvalue weighted by Crippen LogP contribution is -2.14. The van der Waals surface area contributed by atoms with Gasteiger partial charge in [-0.15, -0.1) is 11.3 Å². The zero-order valence-electron chi connectivity index (χ0n) is 16.0. The number of thiophene rings is 1. The quantitative estimate of drug-likeness (QED) is 0.312. The molecule has 1 amide bonds. The molecule has 0 saturated carbocycles. The Kier molecular flexibility index (Phi) is 5.40. The Hall–Kier alpha value is -3.78. The lowest BCUT2D eigenvalue weighted by atomic mass is 10.1. The highest BCUT2D eigenvalue weighted by Gasteiger charge is 2.20. The molecule has 4 aromatic rings. The number of pyridine rings is 1. The van der Waals surface area contributed by atoms with Gasteiger partial charge in [0.2, 0.25) is 0 Å². The van der Waals surface area contributed by atoms with Gasteiger partial charge in [0.25, 0.3) is 11.6 Å². The molecule has 8 heteroatoms. The monoisotopic (exact) mass is 418 g/mol. The summed E-state index contributed by atoms with van der Waals surface area (Å²) < 4.78 is 1.13. The van der Waals surface area contributed by atoms with Crippen LogP contribution in [-0.2, 0) is 0 Å². The Bertz CT molecular complexity index is 1220. The Balaban J connectivity index is 1.56. The molecule has 0 bridgehead atoms. The minimum atomic E-state index is -0.498. The van der Waals surface area contributed by atoms with Gasteiger partial charge in [-0.25, -0.2) is 0 Å². The topological polar surface area (TPSA) is 97.2 Å². The summed E-state index contributed by atoms with van der Waals surface area (Å²) in [5.41, 5.74) is 1.77. The van der Waals surface area contributed by atoms with Gasteiger partial charge in [0, 0.05) is 28.2 Å². The summed E-state index contributed by atoms with van der Waals surface area (Å²) in [4.78, 5) is 28.0. The van der Waals surface area contributed by atoms with Crippen LogP contribution in [0.2, 0.25) is 0 Å². The smallest absolute Gasteiger partial charge is 0.293 e. The molecule has 0 spiro atoms. The predicted molar refractivity (Wildman–Crippen MR) is 119 cm³/mol. The van der Waals surface area contributed by atoms with Gasteiger partial charge < -0.3 is 10.6 Å². The van der Waals surface area contributed by atoms with Gasteiger partial charge in [-0.1, -0.05) is 6.07 Å². The fourth-order valence-corrected chi connectivity index (χ4v) is 3.90. The van der Waals surface area contributed by atoms with Crippen LogP contribution in [0.5, 0.6) is 0 Å². The van der Waals surface area contributed by atoms with Crippen LogP contribution in [0.15, 0.2) is 72.2 Å². The van der Waals surface area contributed by atoms with E-state index in [-0.39, 0.29) is 17.3 Å². The van der Waals surface area contributed by atoms with Gasteiger partial charge in [-0.3, -0.25) is 19.9 Å². The van der Waals surface area contributed by atoms with Crippen molar-refractivity contribution in [2.45, 2.75) is 13.0 Å². The molecule has 2 N–H and O–H groups in total. The molecular weight excluding hydrogens is 400 g/mol. The van der Waals surface area contributed by atoms with Crippen molar-refractivity contribution in [1.29, 1.82) is 0 Å². The van der Waals surface area contributed by atoms with Gasteiger partial charge in [-0.2, -0.15) is 0 Å². The Labute approximate surface area is 176 Å². The summed E-state index contributed by atoms with van der Waals surface area (Å²) in [7, 11) is 0. The number of nitro groups is 1. The molecule has 0 aliphatic carbocycles. The molecule has 0 aliphatic rings. The summed E-state index contributed by atoms with van der Waals surface area (Å²) in [5.74, 6) is -0.406. The number of amides is 1. The summed E-state index contributed by atoms with van der Waals surface area (Å²) >= 11 is 1.62. The highest BCUT2D eigenvalue weighted by Crippen LogP contribution is 2.30. The average Bonchev–Trinajstić information content (AvgIpc) is 3.22. The molecule has 1 atom stereocenters. The first kappa shape index (κ1) is 19.5. The highest BCUT2D eigenvalue weighted by molar-refractivity contribution is 7.17. The van der Waals surface area contributed by atoms with Crippen molar-refractivity contribution in [2.75, 3.05) is 10.6 Å². The third-order valence-electron chi connectivity index (χ3n) is 4.67. The number of fused-ring (bicyclic) bond motifs is 1. The molecule has 2 heterocycles. The standard InChI is InChI=1S/C22H18N4O3S/c1-14(18-4-2-3-10-23-18)24-19-7-5-16(13-20(19)26(28)29)22(27)25-17-6-8-21-15(12-17)9-11-30-21/h2-14,24H,1H3,(H,25,27). The minimum absolute atomic E-state index is 0.168. The number of nitro benzene ring substituents is 1. The van der Waals surface area contributed by atoms with E-state index in [2.05, 4.69) is 15.6 Å². The van der Waals surface area contributed by atoms with Crippen LogP contribution < -0.4 is 10.6 Å². The average molecular weight is 418 g/mol. The Morgan fingerprint density at radius 1 is 1.13 bits per heavy atom. The largest absolute Gasteiger partial charge is 0.371 e. The minimum Gasteiger partial charge on any atom is -0.371 e. The van der Waals surface area contributed by atoms with Gasteiger partial charge in [-0.05, 0) is 66.2 Å². The summed E-state index contributed by atoms with van der Waals surface area (Å²) in [6, 6.07) is 17.3. The van der Waals surface area contributed by atoms with Crippen molar-refractivity contribution < 1.29 is 9.72 Å². The van der Waals surface area contributed by atoms with Crippen LogP contribution in [0.25, 0.3) is 10.1 Å². The molecule has 1 unspecified atom stereocenters. The molecule has 0 aliphatic heterocycles. The third kappa shape index (κ3) is 4.13. The maximum atomic E-state index is 12.7. The van der Waals surface area contributed by atoms with E-state index in [4.69, 9.17) is 0 Å². The van der Waals surface area contributed by atoms with E-state index >= 15 is 0 Å². The van der Waals surface area contributed by atoms with Crippen molar-refractivity contribution in [3.63, 3.8) is 0 Å². The molecule has 4 rings (SSSR count). The predicted octanol–water partition coefficient (Wildman–Crippen LogP) is 5.63. The van der Waals surface area contributed by atoms with Crippen molar-refractivity contribution in [2.24, 2.45) is 0 Å². The number of carbonyl (C=O) groups excluding carboxylic acids is 1. The van der Waals surface area contributed by atoms with Crippen LogP contribution in [0.3, 0.4) is 0 Å². The Morgan fingerprint density at radius 2 is 2.00 bits per heavy atom. The van der Waals surface area contributed by atoms with E-state index in [0.29, 0.717) is 11.4 Å². The number of nitrogens with one attached hydrogen (secondary N) is 2. The number of aromatic nitrogens is 1. The maximum Gasteiger partial charge on any atom is 0.293 e. The van der Waals surface area contributed by atoms with Gasteiger partial charge in [0.15, 0.2) is 0 Å². The molecule has 0 saturated heterocycles. The first-order valence-electron chi connectivity index (χ1n) is 9.26. The van der Waals surface area contributed by atoms with E-state index in [0.717, 1.165) is 15.8 Å². The molecule has 30 heavy (non-hydrogen) atoms. The molecule has 150 valence electrons. The van der Waals surface area contributed by atoms with Crippen LogP contribution in [0.1, 0.15) is 29.0 Å². The molecule has 7 nitrogen and oxygen atoms in total. The molecular formula is C22H18N4O3S. The van der Waals surface area contributed by atoms with Crippen molar-refractivity contribution in [3.05, 3.63) is 93.6 Å². The summed E-state index contributed by atoms with van der Waals surface area (Å²) in [6.45, 7) is 1.87. The number of anilines is 2. The van der Waals surface area contributed by atoms with E-state index in [1.54, 1.807) is 29.7 Å². The summed E-state index contributed by atoms with van der Waals surface area (Å²) in [6.07, 6.45) is 1.67. The van der Waals surface area contributed by atoms with E-state index in [9.17, 15) is 14.9 Å². The van der Waals surface area contributed by atoms with Crippen molar-refractivity contribution >= 4 is 44.4 Å². The van der Waals surface area contributed by atoms with Gasteiger partial charge in [0.1, 0.15) is 5.69 Å². The van der Waals surface area contributed by atoms with Crippen LogP contribution in [-0.4, -0.2) is 15.8 Å². The fourth-order valence-electron chi connectivity index (χ4n) is 3.13. The van der Waals surface area contributed by atoms with Crippen LogP contribution >= 0.6 is 11.3 Å². The molecule has 2 aromatic carbocycles.